The van der Waals surface area contributed by atoms with Gasteiger partial charge < -0.3 is 10.1 Å². The molecule has 2 bridgehead atoms. The van der Waals surface area contributed by atoms with Crippen molar-refractivity contribution >= 4 is 52.6 Å². The number of hydrogen-bond donors (Lipinski definition) is 1. The monoisotopic (exact) mass is 590 g/mol. The van der Waals surface area contributed by atoms with Crippen molar-refractivity contribution < 1.29 is 23.9 Å². The van der Waals surface area contributed by atoms with Crippen LogP contribution in [0, 0.1) is 17.8 Å². The average molecular weight is 591 g/mol. The second-order valence-electron chi connectivity index (χ2n) is 11.2. The van der Waals surface area contributed by atoms with Crippen molar-refractivity contribution in [3.05, 3.63) is 101 Å². The van der Waals surface area contributed by atoms with Crippen molar-refractivity contribution in [3.63, 3.8) is 0 Å². The maximum absolute atomic E-state index is 13.9. The zero-order valence-electron chi connectivity index (χ0n) is 22.5. The lowest BCUT2D eigenvalue weighted by molar-refractivity contribution is -0.140. The van der Waals surface area contributed by atoms with Crippen molar-refractivity contribution in [1.82, 2.24) is 4.90 Å². The summed E-state index contributed by atoms with van der Waals surface area (Å²) in [6, 6.07) is 21.2. The van der Waals surface area contributed by atoms with Gasteiger partial charge in [0, 0.05) is 18.7 Å². The van der Waals surface area contributed by atoms with Gasteiger partial charge in [0.05, 0.1) is 24.0 Å². The van der Waals surface area contributed by atoms with E-state index in [2.05, 4.69) is 5.32 Å². The van der Waals surface area contributed by atoms with Gasteiger partial charge in [-0.25, -0.2) is 4.79 Å². The van der Waals surface area contributed by atoms with Crippen LogP contribution in [0.2, 0.25) is 0 Å². The van der Waals surface area contributed by atoms with Crippen LogP contribution < -0.4 is 5.32 Å². The molecule has 3 aromatic carbocycles. The largest absolute Gasteiger partial charge is 0.462 e. The predicted molar refractivity (Wildman–Crippen MR) is 155 cm³/mol. The molecule has 3 aromatic rings. The molecule has 4 aliphatic rings. The van der Waals surface area contributed by atoms with Gasteiger partial charge in [-0.05, 0) is 52.4 Å². The summed E-state index contributed by atoms with van der Waals surface area (Å²) in [5.41, 5.74) is 3.78. The molecule has 1 fully saturated rings. The highest BCUT2D eigenvalue weighted by Crippen LogP contribution is 2.69. The third-order valence-corrected chi connectivity index (χ3v) is 9.48. The van der Waals surface area contributed by atoms with Gasteiger partial charge in [0.25, 0.3) is 0 Å². The Morgan fingerprint density at radius 2 is 1.29 bits per heavy atom. The lowest BCUT2D eigenvalue weighted by Crippen LogP contribution is -2.57. The van der Waals surface area contributed by atoms with Gasteiger partial charge in [-0.1, -0.05) is 62.4 Å². The number of carbonyl (C=O) groups excluding carboxylic acids is 4. The molecule has 3 amide bonds. The number of ether oxygens (including phenoxy) is 1. The Morgan fingerprint density at radius 3 is 1.73 bits per heavy atom. The summed E-state index contributed by atoms with van der Waals surface area (Å²) in [5, 5.41) is 2.76. The van der Waals surface area contributed by atoms with Crippen molar-refractivity contribution in [2.45, 2.75) is 30.0 Å². The number of halogens is 2. The Morgan fingerprint density at radius 1 is 0.829 bits per heavy atom. The van der Waals surface area contributed by atoms with Gasteiger partial charge in [-0.2, -0.15) is 0 Å². The van der Waals surface area contributed by atoms with E-state index in [1.54, 1.807) is 24.3 Å². The first-order chi connectivity index (χ1) is 19.6. The third kappa shape index (κ3) is 4.09. The summed E-state index contributed by atoms with van der Waals surface area (Å²) in [4.78, 5) is 51.3. The lowest BCUT2D eigenvalue weighted by atomic mass is 9.54. The van der Waals surface area contributed by atoms with Gasteiger partial charge in [-0.3, -0.25) is 19.3 Å². The number of esters is 1. The Labute approximate surface area is 247 Å². The number of anilines is 1. The van der Waals surface area contributed by atoms with Crippen LogP contribution in [-0.2, 0) is 28.9 Å². The zero-order chi connectivity index (χ0) is 29.1. The summed E-state index contributed by atoms with van der Waals surface area (Å²) in [7, 11) is 0. The molecular weight excluding hydrogens is 563 g/mol. The molecule has 1 aliphatic heterocycles. The molecule has 41 heavy (non-hydrogen) atoms. The van der Waals surface area contributed by atoms with Crippen LogP contribution in [0.25, 0.3) is 0 Å². The summed E-state index contributed by atoms with van der Waals surface area (Å²) in [6.45, 7) is 4.11. The number of alkyl halides is 2. The fraction of sp³-hybridized carbons (Fsp3) is 0.312. The fourth-order valence-electron chi connectivity index (χ4n) is 6.40. The topological polar surface area (TPSA) is 92.8 Å². The molecule has 0 spiro atoms. The molecule has 1 saturated heterocycles. The number of carbonyl (C=O) groups is 4. The molecule has 7 nitrogen and oxygen atoms in total. The van der Waals surface area contributed by atoms with E-state index in [1.165, 1.54) is 0 Å². The van der Waals surface area contributed by atoms with Gasteiger partial charge >= 0.3 is 5.97 Å². The number of rotatable bonds is 7. The molecule has 0 unspecified atom stereocenters. The highest BCUT2D eigenvalue weighted by molar-refractivity contribution is 6.36. The number of imide groups is 1. The SMILES string of the molecule is CC(C)COC(=O)c1ccc(NC(=O)CCN2C(=O)[C@@H]3[C@H](C2=O)C2(Cl)c4ccccc4C3(Cl)c3ccccc32)cc1. The van der Waals surface area contributed by atoms with Crippen LogP contribution in [0.4, 0.5) is 5.69 Å². The lowest BCUT2D eigenvalue weighted by Gasteiger charge is -2.54. The molecular formula is C32H28Cl2N2O5. The minimum atomic E-state index is -1.25. The first-order valence-electron chi connectivity index (χ1n) is 13.6. The smallest absolute Gasteiger partial charge is 0.338 e. The van der Waals surface area contributed by atoms with E-state index in [-0.39, 0.29) is 24.8 Å². The number of benzene rings is 3. The first-order valence-corrected chi connectivity index (χ1v) is 14.3. The molecule has 1 N–H and O–H groups in total. The van der Waals surface area contributed by atoms with Crippen molar-refractivity contribution in [2.24, 2.45) is 17.8 Å². The molecule has 1 heterocycles. The second kappa shape index (κ2) is 10.00. The number of amides is 3. The van der Waals surface area contributed by atoms with Gasteiger partial charge in [-0.15, -0.1) is 23.2 Å². The summed E-state index contributed by atoms with van der Waals surface area (Å²) in [6.07, 6.45) is -0.112. The maximum Gasteiger partial charge on any atom is 0.338 e. The van der Waals surface area contributed by atoms with E-state index < -0.39 is 39.4 Å². The minimum absolute atomic E-state index is 0.108. The molecule has 0 radical (unpaired) electrons. The summed E-state index contributed by atoms with van der Waals surface area (Å²) in [5.74, 6) is -3.25. The minimum Gasteiger partial charge on any atom is -0.462 e. The van der Waals surface area contributed by atoms with Crippen LogP contribution in [-0.4, -0.2) is 41.7 Å². The van der Waals surface area contributed by atoms with Crippen LogP contribution in [0.1, 0.15) is 52.9 Å². The van der Waals surface area contributed by atoms with Gasteiger partial charge in [0.2, 0.25) is 17.7 Å². The Hall–Kier alpha value is -3.68. The quantitative estimate of drug-likeness (QED) is 0.225. The fourth-order valence-corrected chi connectivity index (χ4v) is 7.50. The molecule has 2 atom stereocenters. The van der Waals surface area contributed by atoms with E-state index in [1.807, 2.05) is 62.4 Å². The third-order valence-electron chi connectivity index (χ3n) is 8.19. The Kier molecular flexibility index (Phi) is 6.70. The first kappa shape index (κ1) is 27.5. The Bertz CT molecular complexity index is 1460. The molecule has 9 heteroatoms. The highest BCUT2D eigenvalue weighted by Gasteiger charge is 2.72. The predicted octanol–water partition coefficient (Wildman–Crippen LogP) is 5.42. The summed E-state index contributed by atoms with van der Waals surface area (Å²) >= 11 is 14.8. The van der Waals surface area contributed by atoms with Crippen LogP contribution in [0.15, 0.2) is 72.8 Å². The van der Waals surface area contributed by atoms with Gasteiger partial charge in [0.1, 0.15) is 9.75 Å². The van der Waals surface area contributed by atoms with Crippen molar-refractivity contribution in [3.8, 4) is 0 Å². The van der Waals surface area contributed by atoms with E-state index in [4.69, 9.17) is 27.9 Å². The van der Waals surface area contributed by atoms with Gasteiger partial charge in [0.15, 0.2) is 0 Å². The molecule has 0 saturated carbocycles. The second-order valence-corrected chi connectivity index (χ2v) is 12.4. The zero-order valence-corrected chi connectivity index (χ0v) is 24.0. The van der Waals surface area contributed by atoms with Crippen LogP contribution >= 0.6 is 23.2 Å². The molecule has 3 aliphatic carbocycles. The van der Waals surface area contributed by atoms with Crippen LogP contribution in [0.3, 0.4) is 0 Å². The number of hydrogen-bond acceptors (Lipinski definition) is 5. The maximum atomic E-state index is 13.9. The normalized spacial score (nSPS) is 25.5. The van der Waals surface area contributed by atoms with E-state index in [0.717, 1.165) is 27.2 Å². The summed E-state index contributed by atoms with van der Waals surface area (Å²) < 4.78 is 5.23. The number of likely N-dealkylation sites (tertiary alicyclic amines) is 1. The number of nitrogens with zero attached hydrogens (tertiary/aromatic N) is 1. The average Bonchev–Trinajstić information content (AvgIpc) is 3.24. The highest BCUT2D eigenvalue weighted by atomic mass is 35.5. The van der Waals surface area contributed by atoms with Crippen LogP contribution in [0.5, 0.6) is 0 Å². The van der Waals surface area contributed by atoms with Crippen molar-refractivity contribution in [2.75, 3.05) is 18.5 Å². The van der Waals surface area contributed by atoms with E-state index in [9.17, 15) is 19.2 Å². The molecule has 210 valence electrons. The Balaban J connectivity index is 1.19. The molecule has 0 aromatic heterocycles. The van der Waals surface area contributed by atoms with E-state index >= 15 is 0 Å². The number of nitrogens with one attached hydrogen (secondary N) is 1. The standard InChI is InChI=1S/C32H28Cl2N2O5/c1-18(2)17-41-30(40)19-11-13-20(14-12-19)35-25(37)15-16-36-28(38)26-27(29(36)39)32(34)22-8-4-3-7-21(22)31(26,33)23-9-5-6-10-24(23)32/h3-14,18,26-27H,15-17H2,1-2H3,(H,35,37)/t26-,27+,31?,32?. The van der Waals surface area contributed by atoms with Crippen molar-refractivity contribution in [1.29, 1.82) is 0 Å². The molecule has 7 rings (SSSR count). The van der Waals surface area contributed by atoms with E-state index in [0.29, 0.717) is 17.9 Å².